The molecule has 0 aliphatic rings. The number of halogens is 1. The fourth-order valence-corrected chi connectivity index (χ4v) is 3.63. The molecule has 3 heterocycles. The lowest BCUT2D eigenvalue weighted by molar-refractivity contribution is 0.398. The summed E-state index contributed by atoms with van der Waals surface area (Å²) < 4.78 is 25.4. The maximum atomic E-state index is 14.7. The van der Waals surface area contributed by atoms with Crippen LogP contribution >= 0.6 is 0 Å². The van der Waals surface area contributed by atoms with Crippen LogP contribution < -0.4 is 9.47 Å². The van der Waals surface area contributed by atoms with Crippen molar-refractivity contribution < 1.29 is 13.9 Å². The van der Waals surface area contributed by atoms with Gasteiger partial charge in [-0.25, -0.2) is 9.97 Å². The summed E-state index contributed by atoms with van der Waals surface area (Å²) in [4.78, 5) is 11.7. The number of pyridine rings is 2. The number of H-pyrrole nitrogens is 1. The van der Waals surface area contributed by atoms with Crippen LogP contribution in [-0.4, -0.2) is 29.2 Å². The molecule has 0 aliphatic heterocycles. The van der Waals surface area contributed by atoms with E-state index in [1.165, 1.54) is 0 Å². The lowest BCUT2D eigenvalue weighted by atomic mass is 10.0. The fraction of sp³-hybridized carbons (Fsp3) is 0.250. The molecular weight excluding hydrogens is 381 g/mol. The number of aryl methyl sites for hydroxylation is 3. The number of nitrogens with one attached hydrogen (secondary N) is 1. The third kappa shape index (κ3) is 4.13. The topological polar surface area (TPSA) is 60.0 Å². The minimum atomic E-state index is -0.430. The van der Waals surface area contributed by atoms with Crippen molar-refractivity contribution in [3.8, 4) is 11.5 Å². The van der Waals surface area contributed by atoms with Crippen LogP contribution in [0.25, 0.3) is 11.0 Å². The molecule has 1 N–H and O–H groups in total. The van der Waals surface area contributed by atoms with Gasteiger partial charge in [0.25, 0.3) is 0 Å². The molecule has 0 aliphatic carbocycles. The molecule has 0 fully saturated rings. The number of ether oxygens (including phenoxy) is 2. The summed E-state index contributed by atoms with van der Waals surface area (Å²) in [5, 5.41) is 1.02. The number of nitrogens with zero attached hydrogens (tertiary/aromatic N) is 2. The van der Waals surface area contributed by atoms with Gasteiger partial charge in [0.1, 0.15) is 17.1 Å². The maximum Gasteiger partial charge on any atom is 0.216 e. The Hall–Kier alpha value is -3.41. The second-order valence-electron chi connectivity index (χ2n) is 7.33. The lowest BCUT2D eigenvalue weighted by Crippen LogP contribution is -2.02. The molecule has 0 unspecified atom stereocenters. The van der Waals surface area contributed by atoms with Crippen LogP contribution in [0, 0.1) is 12.9 Å². The average molecular weight is 405 g/mol. The lowest BCUT2D eigenvalue weighted by Gasteiger charge is -2.11. The van der Waals surface area contributed by atoms with Crippen molar-refractivity contribution in [2.24, 2.45) is 0 Å². The van der Waals surface area contributed by atoms with E-state index in [9.17, 15) is 4.39 Å². The molecule has 0 bridgehead atoms. The van der Waals surface area contributed by atoms with E-state index in [0.29, 0.717) is 30.5 Å². The highest BCUT2D eigenvalue weighted by molar-refractivity contribution is 5.80. The molecule has 1 aromatic carbocycles. The molecule has 5 nitrogen and oxygen atoms in total. The van der Waals surface area contributed by atoms with Crippen molar-refractivity contribution in [3.63, 3.8) is 0 Å². The van der Waals surface area contributed by atoms with Crippen LogP contribution in [0.5, 0.6) is 11.5 Å². The first-order valence-corrected chi connectivity index (χ1v) is 9.85. The monoisotopic (exact) mass is 405 g/mol. The van der Waals surface area contributed by atoms with Gasteiger partial charge in [0.2, 0.25) is 5.95 Å². The molecule has 0 amide bonds. The maximum absolute atomic E-state index is 14.7. The van der Waals surface area contributed by atoms with Crippen molar-refractivity contribution in [2.75, 3.05) is 14.2 Å². The fourth-order valence-electron chi connectivity index (χ4n) is 3.63. The Morgan fingerprint density at radius 3 is 2.60 bits per heavy atom. The summed E-state index contributed by atoms with van der Waals surface area (Å²) in [5.41, 5.74) is 5.18. The van der Waals surface area contributed by atoms with Gasteiger partial charge < -0.3 is 14.5 Å². The Balaban J connectivity index is 1.50. The van der Waals surface area contributed by atoms with Gasteiger partial charge >= 0.3 is 0 Å². The highest BCUT2D eigenvalue weighted by Gasteiger charge is 2.12. The molecule has 3 aromatic heterocycles. The van der Waals surface area contributed by atoms with Gasteiger partial charge in [-0.2, -0.15) is 4.39 Å². The molecule has 0 atom stereocenters. The first kappa shape index (κ1) is 19.9. The van der Waals surface area contributed by atoms with E-state index >= 15 is 0 Å². The zero-order valence-electron chi connectivity index (χ0n) is 17.3. The second kappa shape index (κ2) is 8.53. The number of hydrogen-bond acceptors (Lipinski definition) is 4. The number of methoxy groups -OCH3 is 2. The highest BCUT2D eigenvalue weighted by Crippen LogP contribution is 2.26. The van der Waals surface area contributed by atoms with Crippen molar-refractivity contribution in [2.45, 2.75) is 26.2 Å². The van der Waals surface area contributed by atoms with E-state index in [4.69, 9.17) is 9.47 Å². The zero-order valence-corrected chi connectivity index (χ0v) is 17.3. The predicted molar refractivity (Wildman–Crippen MR) is 115 cm³/mol. The molecule has 4 rings (SSSR count). The summed E-state index contributed by atoms with van der Waals surface area (Å²) in [7, 11) is 3.27. The summed E-state index contributed by atoms with van der Waals surface area (Å²) in [5.74, 6) is 1.12. The van der Waals surface area contributed by atoms with Crippen LogP contribution in [0.3, 0.4) is 0 Å². The second-order valence-corrected chi connectivity index (χ2v) is 7.33. The first-order valence-electron chi connectivity index (χ1n) is 9.85. The molecule has 0 radical (unpaired) electrons. The Kier molecular flexibility index (Phi) is 5.65. The van der Waals surface area contributed by atoms with Gasteiger partial charge in [-0.1, -0.05) is 6.07 Å². The van der Waals surface area contributed by atoms with Crippen molar-refractivity contribution in [1.82, 2.24) is 15.0 Å². The average Bonchev–Trinajstić information content (AvgIpc) is 3.15. The van der Waals surface area contributed by atoms with Gasteiger partial charge in [0.15, 0.2) is 0 Å². The standard InChI is InChI=1S/C24H24FN3O2/c1-15-10-21-18(14-27-24(21)26-13-15)11-17-5-7-19(28-23(17)25)6-4-16-12-20(29-2)8-9-22(16)30-3/h5,7-10,12-14H,4,6,11H2,1-3H3,(H,26,27). The van der Waals surface area contributed by atoms with Crippen molar-refractivity contribution in [3.05, 3.63) is 82.7 Å². The Labute approximate surface area is 174 Å². The molecule has 0 saturated carbocycles. The molecule has 154 valence electrons. The third-order valence-electron chi connectivity index (χ3n) is 5.26. The zero-order chi connectivity index (χ0) is 21.1. The smallest absolute Gasteiger partial charge is 0.216 e. The van der Waals surface area contributed by atoms with E-state index in [-0.39, 0.29) is 0 Å². The first-order chi connectivity index (χ1) is 14.6. The number of aromatic nitrogens is 3. The highest BCUT2D eigenvalue weighted by atomic mass is 19.1. The molecule has 4 aromatic rings. The van der Waals surface area contributed by atoms with Crippen molar-refractivity contribution in [1.29, 1.82) is 0 Å². The predicted octanol–water partition coefficient (Wildman–Crippen LogP) is 4.80. The van der Waals surface area contributed by atoms with E-state index in [0.717, 1.165) is 39.2 Å². The molecule has 6 heteroatoms. The third-order valence-corrected chi connectivity index (χ3v) is 5.26. The van der Waals surface area contributed by atoms with Crippen LogP contribution in [0.2, 0.25) is 0 Å². The van der Waals surface area contributed by atoms with Crippen LogP contribution in [0.1, 0.15) is 27.9 Å². The van der Waals surface area contributed by atoms with E-state index in [1.807, 2.05) is 49.6 Å². The van der Waals surface area contributed by atoms with Gasteiger partial charge in [0.05, 0.1) is 14.2 Å². The minimum absolute atomic E-state index is 0.430. The summed E-state index contributed by atoms with van der Waals surface area (Å²) in [6.45, 7) is 2.00. The molecule has 0 saturated heterocycles. The Morgan fingerprint density at radius 2 is 1.83 bits per heavy atom. The summed E-state index contributed by atoms with van der Waals surface area (Å²) >= 11 is 0. The number of fused-ring (bicyclic) bond motifs is 1. The minimum Gasteiger partial charge on any atom is -0.497 e. The number of aromatic amines is 1. The van der Waals surface area contributed by atoms with E-state index < -0.39 is 5.95 Å². The molecule has 0 spiro atoms. The Morgan fingerprint density at radius 1 is 0.967 bits per heavy atom. The van der Waals surface area contributed by atoms with Gasteiger partial charge in [0, 0.05) is 35.5 Å². The van der Waals surface area contributed by atoms with Gasteiger partial charge in [-0.05, 0) is 66.8 Å². The SMILES string of the molecule is COc1ccc(OC)c(CCc2ccc(Cc3c[nH]c4ncc(C)cc34)c(F)n2)c1. The van der Waals surface area contributed by atoms with Gasteiger partial charge in [-0.3, -0.25) is 0 Å². The normalized spacial score (nSPS) is 11.1. The largest absolute Gasteiger partial charge is 0.497 e. The van der Waals surface area contributed by atoms with Crippen molar-refractivity contribution >= 4 is 11.0 Å². The van der Waals surface area contributed by atoms with E-state index in [1.54, 1.807) is 14.2 Å². The number of rotatable bonds is 7. The summed E-state index contributed by atoms with van der Waals surface area (Å²) in [6, 6.07) is 11.5. The van der Waals surface area contributed by atoms with Crippen LogP contribution in [0.4, 0.5) is 4.39 Å². The Bertz CT molecular complexity index is 1190. The van der Waals surface area contributed by atoms with Crippen LogP contribution in [-0.2, 0) is 19.3 Å². The van der Waals surface area contributed by atoms with Gasteiger partial charge in [-0.15, -0.1) is 0 Å². The summed E-state index contributed by atoms with van der Waals surface area (Å²) in [6.07, 6.45) is 5.46. The quantitative estimate of drug-likeness (QED) is 0.449. The molecule has 30 heavy (non-hydrogen) atoms. The van der Waals surface area contributed by atoms with Crippen LogP contribution in [0.15, 0.2) is 48.8 Å². The molecular formula is C24H24FN3O2. The number of hydrogen-bond donors (Lipinski definition) is 1. The number of benzene rings is 1. The van der Waals surface area contributed by atoms with E-state index in [2.05, 4.69) is 21.0 Å².